The Kier molecular flexibility index (Phi) is 4.75. The highest BCUT2D eigenvalue weighted by Gasteiger charge is 2.19. The second kappa shape index (κ2) is 6.94. The quantitative estimate of drug-likeness (QED) is 0.784. The number of nitrogens with one attached hydrogen (secondary N) is 2. The molecule has 2 aromatic rings. The minimum atomic E-state index is -0.515. The summed E-state index contributed by atoms with van der Waals surface area (Å²) in [6.45, 7) is 2.29. The summed E-state index contributed by atoms with van der Waals surface area (Å²) in [4.78, 5) is 15.4. The van der Waals surface area contributed by atoms with Gasteiger partial charge in [0, 0.05) is 36.9 Å². The van der Waals surface area contributed by atoms with Crippen molar-refractivity contribution in [3.63, 3.8) is 0 Å². The third-order valence-corrected chi connectivity index (χ3v) is 4.36. The predicted octanol–water partition coefficient (Wildman–Crippen LogP) is 1.58. The first-order valence-corrected chi connectivity index (χ1v) is 7.90. The normalized spacial score (nSPS) is 17.5. The van der Waals surface area contributed by atoms with Crippen molar-refractivity contribution in [3.8, 4) is 0 Å². The zero-order valence-corrected chi connectivity index (χ0v) is 12.7. The van der Waals surface area contributed by atoms with Gasteiger partial charge >= 0.3 is 0 Å². The maximum absolute atomic E-state index is 12.2. The van der Waals surface area contributed by atoms with Gasteiger partial charge in [0.2, 0.25) is 5.91 Å². The van der Waals surface area contributed by atoms with Crippen molar-refractivity contribution in [2.75, 3.05) is 19.8 Å². The van der Waals surface area contributed by atoms with Crippen LogP contribution in [-0.4, -0.2) is 36.7 Å². The van der Waals surface area contributed by atoms with E-state index in [9.17, 15) is 4.79 Å². The van der Waals surface area contributed by atoms with Crippen molar-refractivity contribution in [1.82, 2.24) is 10.3 Å². The molecule has 1 fully saturated rings. The monoisotopic (exact) mass is 301 g/mol. The molecule has 1 saturated heterocycles. The molecule has 1 atom stereocenters. The first kappa shape index (κ1) is 15.1. The number of H-pyrrole nitrogens is 1. The molecule has 22 heavy (non-hydrogen) atoms. The average molecular weight is 301 g/mol. The van der Waals surface area contributed by atoms with Crippen molar-refractivity contribution in [3.05, 3.63) is 36.0 Å². The number of aromatic amines is 1. The van der Waals surface area contributed by atoms with Gasteiger partial charge in [-0.1, -0.05) is 18.2 Å². The van der Waals surface area contributed by atoms with Gasteiger partial charge in [0.25, 0.3) is 0 Å². The van der Waals surface area contributed by atoms with Crippen LogP contribution in [0.2, 0.25) is 0 Å². The summed E-state index contributed by atoms with van der Waals surface area (Å²) in [6, 6.07) is 7.54. The Morgan fingerprint density at radius 3 is 2.95 bits per heavy atom. The lowest BCUT2D eigenvalue weighted by molar-refractivity contribution is -0.122. The molecule has 1 aromatic heterocycles. The van der Waals surface area contributed by atoms with Crippen molar-refractivity contribution < 1.29 is 9.53 Å². The van der Waals surface area contributed by atoms with Crippen LogP contribution in [0.1, 0.15) is 18.4 Å². The fourth-order valence-electron chi connectivity index (χ4n) is 2.96. The molecule has 0 bridgehead atoms. The maximum atomic E-state index is 12.2. The highest BCUT2D eigenvalue weighted by molar-refractivity contribution is 5.86. The lowest BCUT2D eigenvalue weighted by Crippen LogP contribution is -2.44. The summed E-state index contributed by atoms with van der Waals surface area (Å²) in [5.41, 5.74) is 8.23. The number of para-hydroxylation sites is 1. The Balaban J connectivity index is 1.54. The van der Waals surface area contributed by atoms with E-state index in [0.29, 0.717) is 18.9 Å². The molecular weight excluding hydrogens is 278 g/mol. The second-order valence-corrected chi connectivity index (χ2v) is 5.97. The molecule has 118 valence electrons. The van der Waals surface area contributed by atoms with Gasteiger partial charge in [0.15, 0.2) is 0 Å². The van der Waals surface area contributed by atoms with Gasteiger partial charge in [-0.2, -0.15) is 0 Å². The zero-order valence-electron chi connectivity index (χ0n) is 12.7. The van der Waals surface area contributed by atoms with E-state index in [2.05, 4.69) is 10.3 Å². The Morgan fingerprint density at radius 1 is 1.36 bits per heavy atom. The molecule has 0 saturated carbocycles. The number of ether oxygens (including phenoxy) is 1. The largest absolute Gasteiger partial charge is 0.381 e. The Hall–Kier alpha value is -1.85. The van der Waals surface area contributed by atoms with Crippen LogP contribution in [-0.2, 0) is 16.0 Å². The lowest BCUT2D eigenvalue weighted by Gasteiger charge is -2.23. The van der Waals surface area contributed by atoms with Crippen LogP contribution >= 0.6 is 0 Å². The average Bonchev–Trinajstić information content (AvgIpc) is 2.97. The van der Waals surface area contributed by atoms with Crippen LogP contribution in [0.5, 0.6) is 0 Å². The van der Waals surface area contributed by atoms with Crippen LogP contribution in [0.4, 0.5) is 0 Å². The van der Waals surface area contributed by atoms with Crippen molar-refractivity contribution in [2.45, 2.75) is 25.3 Å². The fourth-order valence-corrected chi connectivity index (χ4v) is 2.96. The molecule has 1 aromatic carbocycles. The van der Waals surface area contributed by atoms with E-state index < -0.39 is 6.04 Å². The van der Waals surface area contributed by atoms with Gasteiger partial charge < -0.3 is 20.8 Å². The summed E-state index contributed by atoms with van der Waals surface area (Å²) < 4.78 is 5.32. The van der Waals surface area contributed by atoms with Gasteiger partial charge in [-0.25, -0.2) is 0 Å². The molecule has 5 heteroatoms. The van der Waals surface area contributed by atoms with E-state index in [-0.39, 0.29) is 5.91 Å². The van der Waals surface area contributed by atoms with E-state index in [1.54, 1.807) is 0 Å². The highest BCUT2D eigenvalue weighted by Crippen LogP contribution is 2.19. The summed E-state index contributed by atoms with van der Waals surface area (Å²) >= 11 is 0. The molecule has 0 unspecified atom stereocenters. The van der Waals surface area contributed by atoms with Crippen LogP contribution in [0, 0.1) is 5.92 Å². The van der Waals surface area contributed by atoms with Crippen molar-refractivity contribution in [1.29, 1.82) is 0 Å². The summed E-state index contributed by atoms with van der Waals surface area (Å²) in [7, 11) is 0. The van der Waals surface area contributed by atoms with Crippen LogP contribution in [0.15, 0.2) is 30.5 Å². The van der Waals surface area contributed by atoms with E-state index in [1.807, 2.05) is 30.5 Å². The van der Waals surface area contributed by atoms with Crippen LogP contribution in [0.25, 0.3) is 10.9 Å². The lowest BCUT2D eigenvalue weighted by atomic mass is 10.00. The second-order valence-electron chi connectivity index (χ2n) is 5.97. The topological polar surface area (TPSA) is 80.1 Å². The van der Waals surface area contributed by atoms with Gasteiger partial charge in [-0.3, -0.25) is 4.79 Å². The van der Waals surface area contributed by atoms with Gasteiger partial charge in [0.1, 0.15) is 0 Å². The van der Waals surface area contributed by atoms with Crippen LogP contribution in [0.3, 0.4) is 0 Å². The molecule has 0 aliphatic carbocycles. The molecule has 4 N–H and O–H groups in total. The minimum absolute atomic E-state index is 0.0724. The summed E-state index contributed by atoms with van der Waals surface area (Å²) in [5.74, 6) is 0.440. The standard InChI is InChI=1S/C17H23N3O2/c18-15(17(21)20-10-12-5-7-22-8-6-12)9-13-11-19-16-4-2-1-3-14(13)16/h1-4,11-12,15,19H,5-10,18H2,(H,20,21)/t15-/m0/s1. The molecule has 2 heterocycles. The molecule has 0 spiro atoms. The number of amides is 1. The molecule has 5 nitrogen and oxygen atoms in total. The molecular formula is C17H23N3O2. The zero-order chi connectivity index (χ0) is 15.4. The first-order valence-electron chi connectivity index (χ1n) is 7.90. The molecule has 1 aliphatic rings. The number of carbonyl (C=O) groups is 1. The van der Waals surface area contributed by atoms with E-state index >= 15 is 0 Å². The Bertz CT molecular complexity index is 632. The maximum Gasteiger partial charge on any atom is 0.237 e. The number of nitrogens with two attached hydrogens (primary N) is 1. The van der Waals surface area contributed by atoms with Crippen molar-refractivity contribution in [2.24, 2.45) is 11.7 Å². The van der Waals surface area contributed by atoms with Gasteiger partial charge in [0.05, 0.1) is 6.04 Å². The molecule has 1 aliphatic heterocycles. The van der Waals surface area contributed by atoms with Gasteiger partial charge in [-0.15, -0.1) is 0 Å². The number of hydrogen-bond donors (Lipinski definition) is 3. The highest BCUT2D eigenvalue weighted by atomic mass is 16.5. The Labute approximate surface area is 130 Å². The molecule has 0 radical (unpaired) electrons. The van der Waals surface area contributed by atoms with Crippen LogP contribution < -0.4 is 11.1 Å². The number of aromatic nitrogens is 1. The van der Waals surface area contributed by atoms with E-state index in [0.717, 1.165) is 42.5 Å². The third-order valence-electron chi connectivity index (χ3n) is 4.36. The van der Waals surface area contributed by atoms with Crippen molar-refractivity contribution >= 4 is 16.8 Å². The predicted molar refractivity (Wildman–Crippen MR) is 86.5 cm³/mol. The summed E-state index contributed by atoms with van der Waals surface area (Å²) in [5, 5.41) is 4.12. The number of rotatable bonds is 5. The SMILES string of the molecule is N[C@@H](Cc1c[nH]c2ccccc12)C(=O)NCC1CCOCC1. The number of benzene rings is 1. The first-order chi connectivity index (χ1) is 10.7. The minimum Gasteiger partial charge on any atom is -0.381 e. The molecule has 1 amide bonds. The smallest absolute Gasteiger partial charge is 0.237 e. The van der Waals surface area contributed by atoms with E-state index in [4.69, 9.17) is 10.5 Å². The van der Waals surface area contributed by atoms with Gasteiger partial charge in [-0.05, 0) is 36.8 Å². The molecule has 3 rings (SSSR count). The Morgan fingerprint density at radius 2 is 2.14 bits per heavy atom. The number of hydrogen-bond acceptors (Lipinski definition) is 3. The summed E-state index contributed by atoms with van der Waals surface area (Å²) in [6.07, 6.45) is 4.51. The third kappa shape index (κ3) is 3.48. The fraction of sp³-hybridized carbons (Fsp3) is 0.471. The number of carbonyl (C=O) groups excluding carboxylic acids is 1. The number of fused-ring (bicyclic) bond motifs is 1. The van der Waals surface area contributed by atoms with E-state index in [1.165, 1.54) is 0 Å².